The van der Waals surface area contributed by atoms with Crippen LogP contribution in [0.3, 0.4) is 0 Å². The van der Waals surface area contributed by atoms with Crippen LogP contribution in [0.2, 0.25) is 0 Å². The molecule has 1 aliphatic heterocycles. The van der Waals surface area contributed by atoms with E-state index in [2.05, 4.69) is 10.4 Å². The zero-order chi connectivity index (χ0) is 16.1. The summed E-state index contributed by atoms with van der Waals surface area (Å²) in [6.45, 7) is 9.37. The number of carbonyl (C=O) groups excluding carboxylic acids is 2. The average molecular weight is 307 g/mol. The molecule has 7 heteroatoms. The fraction of sp³-hybridized carbons (Fsp3) is 0.667. The molecule has 0 radical (unpaired) electrons. The topological polar surface area (TPSA) is 70.5 Å². The Kier molecular flexibility index (Phi) is 5.54. The van der Waals surface area contributed by atoms with Gasteiger partial charge in [0.2, 0.25) is 11.8 Å². The maximum Gasteiger partial charge on any atom is 0.239 e. The zero-order valence-electron chi connectivity index (χ0n) is 13.6. The molecule has 0 aliphatic carbocycles. The highest BCUT2D eigenvalue weighted by Crippen LogP contribution is 2.04. The summed E-state index contributed by atoms with van der Waals surface area (Å²) >= 11 is 0. The van der Waals surface area contributed by atoms with Crippen LogP contribution in [0.15, 0.2) is 12.4 Å². The smallest absolute Gasteiger partial charge is 0.239 e. The van der Waals surface area contributed by atoms with Crippen molar-refractivity contribution in [1.29, 1.82) is 0 Å². The summed E-state index contributed by atoms with van der Waals surface area (Å²) < 4.78 is 1.87. The van der Waals surface area contributed by atoms with Crippen molar-refractivity contribution in [2.75, 3.05) is 32.7 Å². The maximum absolute atomic E-state index is 12.4. The van der Waals surface area contributed by atoms with Crippen molar-refractivity contribution in [2.24, 2.45) is 0 Å². The fourth-order valence-electron chi connectivity index (χ4n) is 2.59. The summed E-state index contributed by atoms with van der Waals surface area (Å²) in [6, 6.07) is -0.222. The Hall–Kier alpha value is -1.89. The van der Waals surface area contributed by atoms with Crippen molar-refractivity contribution >= 4 is 11.8 Å². The predicted molar refractivity (Wildman–Crippen MR) is 83.3 cm³/mol. The maximum atomic E-state index is 12.4. The molecular weight excluding hydrogens is 282 g/mol. The lowest BCUT2D eigenvalue weighted by molar-refractivity contribution is -0.139. The lowest BCUT2D eigenvalue weighted by atomic mass is 10.2. The number of hydrogen-bond acceptors (Lipinski definition) is 4. The minimum atomic E-state index is -0.222. The number of aromatic nitrogens is 2. The van der Waals surface area contributed by atoms with Crippen molar-refractivity contribution in [1.82, 2.24) is 24.9 Å². The van der Waals surface area contributed by atoms with E-state index in [1.54, 1.807) is 11.8 Å². The third-order valence-electron chi connectivity index (χ3n) is 3.96. The summed E-state index contributed by atoms with van der Waals surface area (Å²) in [5, 5.41) is 7.45. The van der Waals surface area contributed by atoms with Gasteiger partial charge in [-0.1, -0.05) is 0 Å². The molecule has 122 valence electrons. The molecule has 1 aromatic rings. The molecule has 1 saturated heterocycles. The van der Waals surface area contributed by atoms with Crippen molar-refractivity contribution in [3.8, 4) is 0 Å². The zero-order valence-corrected chi connectivity index (χ0v) is 13.6. The Morgan fingerprint density at radius 2 is 1.91 bits per heavy atom. The van der Waals surface area contributed by atoms with Gasteiger partial charge in [-0.2, -0.15) is 5.10 Å². The van der Waals surface area contributed by atoms with Gasteiger partial charge >= 0.3 is 0 Å². The Bertz CT molecular complexity index is 520. The van der Waals surface area contributed by atoms with E-state index in [0.717, 1.165) is 12.1 Å². The van der Waals surface area contributed by atoms with Crippen LogP contribution in [0.1, 0.15) is 19.4 Å². The highest BCUT2D eigenvalue weighted by Gasteiger charge is 2.25. The minimum absolute atomic E-state index is 0.0767. The monoisotopic (exact) mass is 307 g/mol. The molecule has 0 unspecified atom stereocenters. The molecule has 7 nitrogen and oxygen atoms in total. The lowest BCUT2D eigenvalue weighted by Crippen LogP contribution is -2.54. The minimum Gasteiger partial charge on any atom is -0.339 e. The molecule has 0 spiro atoms. The SMILES string of the molecule is CC(=O)N1CCN(C(=O)[C@@H](C)NCCn2cc(C)cn2)CC1. The highest BCUT2D eigenvalue weighted by molar-refractivity contribution is 5.82. The van der Waals surface area contributed by atoms with Gasteiger partial charge < -0.3 is 15.1 Å². The number of nitrogens with one attached hydrogen (secondary N) is 1. The van der Waals surface area contributed by atoms with Crippen molar-refractivity contribution < 1.29 is 9.59 Å². The van der Waals surface area contributed by atoms with Gasteiger partial charge in [-0.05, 0) is 19.4 Å². The Morgan fingerprint density at radius 3 is 2.45 bits per heavy atom. The Labute approximate surface area is 131 Å². The van der Waals surface area contributed by atoms with E-state index in [4.69, 9.17) is 0 Å². The summed E-state index contributed by atoms with van der Waals surface area (Å²) in [4.78, 5) is 27.3. The molecule has 1 atom stereocenters. The van der Waals surface area contributed by atoms with E-state index < -0.39 is 0 Å². The first-order valence-corrected chi connectivity index (χ1v) is 7.74. The van der Waals surface area contributed by atoms with E-state index in [-0.39, 0.29) is 17.9 Å². The fourth-order valence-corrected chi connectivity index (χ4v) is 2.59. The number of hydrogen-bond donors (Lipinski definition) is 1. The van der Waals surface area contributed by atoms with Gasteiger partial charge in [0.15, 0.2) is 0 Å². The Balaban J connectivity index is 1.72. The number of carbonyl (C=O) groups is 2. The Morgan fingerprint density at radius 1 is 1.27 bits per heavy atom. The summed E-state index contributed by atoms with van der Waals surface area (Å²) in [5.41, 5.74) is 1.13. The second-order valence-electron chi connectivity index (χ2n) is 5.79. The molecule has 0 bridgehead atoms. The molecular formula is C15H25N5O2. The van der Waals surface area contributed by atoms with Gasteiger partial charge in [0.05, 0.1) is 18.8 Å². The standard InChI is InChI=1S/C15H25N5O2/c1-12-10-17-20(11-12)5-4-16-13(2)15(22)19-8-6-18(7-9-19)14(3)21/h10-11,13,16H,4-9H2,1-3H3/t13-/m1/s1. The van der Waals surface area contributed by atoms with E-state index in [0.29, 0.717) is 32.7 Å². The molecule has 2 amide bonds. The van der Waals surface area contributed by atoms with Gasteiger partial charge in [-0.3, -0.25) is 14.3 Å². The number of aryl methyl sites for hydroxylation is 1. The van der Waals surface area contributed by atoms with Crippen LogP contribution in [0.5, 0.6) is 0 Å². The molecule has 2 rings (SSSR count). The lowest BCUT2D eigenvalue weighted by Gasteiger charge is -2.35. The van der Waals surface area contributed by atoms with Gasteiger partial charge in [-0.25, -0.2) is 0 Å². The first kappa shape index (κ1) is 16.5. The van der Waals surface area contributed by atoms with Crippen LogP contribution in [0.25, 0.3) is 0 Å². The summed E-state index contributed by atoms with van der Waals surface area (Å²) in [5.74, 6) is 0.174. The van der Waals surface area contributed by atoms with Crippen LogP contribution >= 0.6 is 0 Å². The first-order chi connectivity index (χ1) is 10.5. The van der Waals surface area contributed by atoms with Crippen molar-refractivity contribution in [3.05, 3.63) is 18.0 Å². The van der Waals surface area contributed by atoms with Gasteiger partial charge in [-0.15, -0.1) is 0 Å². The van der Waals surface area contributed by atoms with Crippen LogP contribution < -0.4 is 5.32 Å². The second-order valence-corrected chi connectivity index (χ2v) is 5.79. The normalized spacial score (nSPS) is 16.7. The van der Waals surface area contributed by atoms with Gasteiger partial charge in [0.25, 0.3) is 0 Å². The third kappa shape index (κ3) is 4.30. The quantitative estimate of drug-likeness (QED) is 0.822. The van der Waals surface area contributed by atoms with Crippen LogP contribution in [-0.4, -0.2) is 70.2 Å². The first-order valence-electron chi connectivity index (χ1n) is 7.74. The number of piperazine rings is 1. The van der Waals surface area contributed by atoms with E-state index >= 15 is 0 Å². The largest absolute Gasteiger partial charge is 0.339 e. The van der Waals surface area contributed by atoms with Crippen molar-refractivity contribution in [2.45, 2.75) is 33.4 Å². The van der Waals surface area contributed by atoms with E-state index in [1.807, 2.05) is 35.8 Å². The predicted octanol–water partition coefficient (Wildman–Crippen LogP) is -0.140. The third-order valence-corrected chi connectivity index (χ3v) is 3.96. The molecule has 2 heterocycles. The average Bonchev–Trinajstić information content (AvgIpc) is 2.92. The molecule has 1 aromatic heterocycles. The number of rotatable bonds is 5. The number of amides is 2. The highest BCUT2D eigenvalue weighted by atomic mass is 16.2. The summed E-state index contributed by atoms with van der Waals surface area (Å²) in [6.07, 6.45) is 3.80. The molecule has 1 N–H and O–H groups in total. The molecule has 0 aromatic carbocycles. The van der Waals surface area contributed by atoms with Crippen molar-refractivity contribution in [3.63, 3.8) is 0 Å². The molecule has 22 heavy (non-hydrogen) atoms. The van der Waals surface area contributed by atoms with Crippen LogP contribution in [-0.2, 0) is 16.1 Å². The molecule has 0 saturated carbocycles. The van der Waals surface area contributed by atoms with Gasteiger partial charge in [0.1, 0.15) is 0 Å². The van der Waals surface area contributed by atoms with Gasteiger partial charge in [0, 0.05) is 45.8 Å². The van der Waals surface area contributed by atoms with Crippen LogP contribution in [0, 0.1) is 6.92 Å². The van der Waals surface area contributed by atoms with E-state index in [1.165, 1.54) is 0 Å². The number of nitrogens with zero attached hydrogens (tertiary/aromatic N) is 4. The summed E-state index contributed by atoms with van der Waals surface area (Å²) in [7, 11) is 0. The second kappa shape index (κ2) is 7.40. The molecule has 1 aliphatic rings. The molecule has 1 fully saturated rings. The van der Waals surface area contributed by atoms with E-state index in [9.17, 15) is 9.59 Å². The van der Waals surface area contributed by atoms with Crippen LogP contribution in [0.4, 0.5) is 0 Å².